The lowest BCUT2D eigenvalue weighted by molar-refractivity contribution is -0.149. The molecule has 1 saturated carbocycles. The molecule has 1 fully saturated rings. The van der Waals surface area contributed by atoms with Crippen LogP contribution in [-0.4, -0.2) is 39.3 Å². The van der Waals surface area contributed by atoms with Gasteiger partial charge in [-0.05, 0) is 12.8 Å². The number of nitrogens with one attached hydrogen (secondary N) is 1. The molecule has 0 bridgehead atoms. The van der Waals surface area contributed by atoms with Crippen molar-refractivity contribution in [2.75, 3.05) is 12.3 Å². The van der Waals surface area contributed by atoms with Gasteiger partial charge in [0.15, 0.2) is 6.61 Å². The highest BCUT2D eigenvalue weighted by Gasteiger charge is 2.17. The van der Waals surface area contributed by atoms with Crippen molar-refractivity contribution < 1.29 is 14.3 Å². The average Bonchev–Trinajstić information content (AvgIpc) is 2.99. The maximum Gasteiger partial charge on any atom is 0.328 e. The normalized spacial score (nSPS) is 15.4. The molecule has 0 radical (unpaired) electrons. The second-order valence-corrected chi connectivity index (χ2v) is 4.51. The van der Waals surface area contributed by atoms with E-state index in [1.165, 1.54) is 11.0 Å². The number of carbonyl (C=O) groups excluding carboxylic acids is 2. The van der Waals surface area contributed by atoms with Crippen LogP contribution in [0, 0.1) is 0 Å². The first-order chi connectivity index (χ1) is 9.13. The number of amides is 1. The van der Waals surface area contributed by atoms with Crippen molar-refractivity contribution >= 4 is 17.8 Å². The Morgan fingerprint density at radius 2 is 2.21 bits per heavy atom. The van der Waals surface area contributed by atoms with Crippen molar-refractivity contribution in [2.45, 2.75) is 38.3 Å². The smallest absolute Gasteiger partial charge is 0.328 e. The van der Waals surface area contributed by atoms with E-state index in [-0.39, 0.29) is 31.0 Å². The molecule has 19 heavy (non-hydrogen) atoms. The molecule has 0 saturated heterocycles. The fourth-order valence-corrected chi connectivity index (χ4v) is 2.05. The van der Waals surface area contributed by atoms with Gasteiger partial charge in [-0.25, -0.2) is 9.67 Å². The summed E-state index contributed by atoms with van der Waals surface area (Å²) < 4.78 is 6.10. The van der Waals surface area contributed by atoms with Crippen LogP contribution in [0.2, 0.25) is 0 Å². The quantitative estimate of drug-likeness (QED) is 0.693. The molecule has 8 nitrogen and oxygen atoms in total. The molecule has 0 aliphatic heterocycles. The van der Waals surface area contributed by atoms with Crippen LogP contribution in [0.25, 0.3) is 0 Å². The fourth-order valence-electron chi connectivity index (χ4n) is 2.05. The molecule has 1 aliphatic rings. The molecule has 104 valence electrons. The maximum atomic E-state index is 11.5. The third kappa shape index (κ3) is 4.23. The Kier molecular flexibility index (Phi) is 4.32. The molecule has 1 heterocycles. The largest absolute Gasteiger partial charge is 0.454 e. The van der Waals surface area contributed by atoms with Crippen molar-refractivity contribution in [1.82, 2.24) is 20.1 Å². The third-order valence-corrected chi connectivity index (χ3v) is 2.93. The summed E-state index contributed by atoms with van der Waals surface area (Å²) in [4.78, 5) is 26.6. The first-order valence-electron chi connectivity index (χ1n) is 6.23. The molecule has 0 unspecified atom stereocenters. The highest BCUT2D eigenvalue weighted by atomic mass is 16.5. The minimum absolute atomic E-state index is 0.0896. The van der Waals surface area contributed by atoms with Crippen LogP contribution in [0.5, 0.6) is 0 Å². The van der Waals surface area contributed by atoms with Gasteiger partial charge < -0.3 is 15.8 Å². The van der Waals surface area contributed by atoms with Gasteiger partial charge in [-0.15, -0.1) is 5.10 Å². The van der Waals surface area contributed by atoms with E-state index < -0.39 is 5.97 Å². The number of hydrogen-bond acceptors (Lipinski definition) is 6. The van der Waals surface area contributed by atoms with Crippen LogP contribution in [0.1, 0.15) is 25.7 Å². The number of esters is 1. The Morgan fingerprint density at radius 3 is 2.84 bits per heavy atom. The summed E-state index contributed by atoms with van der Waals surface area (Å²) >= 11 is 0. The Morgan fingerprint density at radius 1 is 1.47 bits per heavy atom. The zero-order valence-electron chi connectivity index (χ0n) is 10.5. The summed E-state index contributed by atoms with van der Waals surface area (Å²) in [5, 5.41) is 6.57. The van der Waals surface area contributed by atoms with Gasteiger partial charge in [-0.3, -0.25) is 9.59 Å². The summed E-state index contributed by atoms with van der Waals surface area (Å²) in [5.41, 5.74) is 5.31. The van der Waals surface area contributed by atoms with E-state index in [9.17, 15) is 9.59 Å². The zero-order chi connectivity index (χ0) is 13.7. The second kappa shape index (κ2) is 6.17. The molecule has 0 atom stereocenters. The van der Waals surface area contributed by atoms with E-state index in [1.807, 2.05) is 0 Å². The number of nitrogens with two attached hydrogens (primary N) is 1. The van der Waals surface area contributed by atoms with Crippen LogP contribution in [0.3, 0.4) is 0 Å². The molecule has 3 N–H and O–H groups in total. The maximum absolute atomic E-state index is 11.5. The van der Waals surface area contributed by atoms with Crippen molar-refractivity contribution in [3.05, 3.63) is 6.33 Å². The van der Waals surface area contributed by atoms with Gasteiger partial charge in [0.05, 0.1) is 0 Å². The minimum Gasteiger partial charge on any atom is -0.454 e. The van der Waals surface area contributed by atoms with Crippen molar-refractivity contribution in [3.63, 3.8) is 0 Å². The molecule has 0 aromatic carbocycles. The van der Waals surface area contributed by atoms with Crippen LogP contribution >= 0.6 is 0 Å². The van der Waals surface area contributed by atoms with E-state index in [0.29, 0.717) is 0 Å². The lowest BCUT2D eigenvalue weighted by Gasteiger charge is -2.11. The summed E-state index contributed by atoms with van der Waals surface area (Å²) in [5.74, 6) is -0.725. The molecule has 0 spiro atoms. The second-order valence-electron chi connectivity index (χ2n) is 4.51. The van der Waals surface area contributed by atoms with Crippen molar-refractivity contribution in [1.29, 1.82) is 0 Å². The van der Waals surface area contributed by atoms with Gasteiger partial charge in [0, 0.05) is 6.04 Å². The highest BCUT2D eigenvalue weighted by Crippen LogP contribution is 2.17. The lowest BCUT2D eigenvalue weighted by atomic mass is 10.2. The number of ether oxygens (including phenoxy) is 1. The number of nitrogen functional groups attached to an aromatic ring is 1. The Labute approximate surface area is 110 Å². The predicted octanol–water partition coefficient (Wildman–Crippen LogP) is -0.538. The summed E-state index contributed by atoms with van der Waals surface area (Å²) in [7, 11) is 0. The van der Waals surface area contributed by atoms with E-state index in [1.54, 1.807) is 0 Å². The number of hydrogen-bond donors (Lipinski definition) is 2. The standard InChI is InChI=1S/C11H17N5O3/c12-11-13-7-16(15-11)5-10(18)19-6-9(17)14-8-3-1-2-4-8/h7-8H,1-6H2,(H2,12,15)(H,14,17). The summed E-state index contributed by atoms with van der Waals surface area (Å²) in [6.45, 7) is -0.375. The number of rotatable bonds is 5. The van der Waals surface area contributed by atoms with Crippen LogP contribution in [0.15, 0.2) is 6.33 Å². The van der Waals surface area contributed by atoms with E-state index in [2.05, 4.69) is 15.4 Å². The molecule has 1 aromatic heterocycles. The van der Waals surface area contributed by atoms with E-state index >= 15 is 0 Å². The number of nitrogens with zero attached hydrogens (tertiary/aromatic N) is 3. The minimum atomic E-state index is -0.550. The van der Waals surface area contributed by atoms with E-state index in [0.717, 1.165) is 25.7 Å². The van der Waals surface area contributed by atoms with Gasteiger partial charge in [0.25, 0.3) is 5.91 Å². The number of aromatic nitrogens is 3. The Balaban J connectivity index is 1.66. The van der Waals surface area contributed by atoms with Crippen molar-refractivity contribution in [3.8, 4) is 0 Å². The molecular formula is C11H17N5O3. The predicted molar refractivity (Wildman–Crippen MR) is 65.8 cm³/mol. The molecule has 1 aliphatic carbocycles. The molecule has 1 aromatic rings. The Hall–Kier alpha value is -2.12. The average molecular weight is 267 g/mol. The summed E-state index contributed by atoms with van der Waals surface area (Å²) in [6.07, 6.45) is 5.60. The van der Waals surface area contributed by atoms with Crippen LogP contribution < -0.4 is 11.1 Å². The molecule has 8 heteroatoms. The lowest BCUT2D eigenvalue weighted by Crippen LogP contribution is -2.36. The van der Waals surface area contributed by atoms with Crippen molar-refractivity contribution in [2.24, 2.45) is 0 Å². The number of anilines is 1. The van der Waals surface area contributed by atoms with Gasteiger partial charge in [0.2, 0.25) is 5.95 Å². The fraction of sp³-hybridized carbons (Fsp3) is 0.636. The van der Waals surface area contributed by atoms with Gasteiger partial charge >= 0.3 is 5.97 Å². The zero-order valence-corrected chi connectivity index (χ0v) is 10.5. The molecular weight excluding hydrogens is 250 g/mol. The molecule has 2 rings (SSSR count). The Bertz CT molecular complexity index is 453. The third-order valence-electron chi connectivity index (χ3n) is 2.93. The first kappa shape index (κ1) is 13.3. The van der Waals surface area contributed by atoms with Gasteiger partial charge in [-0.2, -0.15) is 0 Å². The monoisotopic (exact) mass is 267 g/mol. The molecule has 1 amide bonds. The van der Waals surface area contributed by atoms with Crippen LogP contribution in [-0.2, 0) is 20.9 Å². The van der Waals surface area contributed by atoms with Gasteiger partial charge in [0.1, 0.15) is 12.9 Å². The topological polar surface area (TPSA) is 112 Å². The highest BCUT2D eigenvalue weighted by molar-refractivity contribution is 5.80. The van der Waals surface area contributed by atoms with Crippen LogP contribution in [0.4, 0.5) is 5.95 Å². The first-order valence-corrected chi connectivity index (χ1v) is 6.23. The summed E-state index contributed by atoms with van der Waals surface area (Å²) in [6, 6.07) is 0.223. The SMILES string of the molecule is Nc1ncn(CC(=O)OCC(=O)NC2CCCC2)n1. The number of carbonyl (C=O) groups is 2. The van der Waals surface area contributed by atoms with Gasteiger partial charge in [-0.1, -0.05) is 12.8 Å². The van der Waals surface area contributed by atoms with E-state index in [4.69, 9.17) is 10.5 Å².